The lowest BCUT2D eigenvalue weighted by Crippen LogP contribution is -2.19. The maximum absolute atomic E-state index is 13.4. The van der Waals surface area contributed by atoms with Crippen LogP contribution in [-0.4, -0.2) is 15.0 Å². The molecule has 3 aromatic heterocycles. The Morgan fingerprint density at radius 2 is 0.836 bits per heavy atom. The van der Waals surface area contributed by atoms with Crippen molar-refractivity contribution in [1.29, 1.82) is 0 Å². The summed E-state index contributed by atoms with van der Waals surface area (Å²) in [4.78, 5) is 8.23. The quantitative estimate of drug-likeness (QED) is 0.129. The van der Waals surface area contributed by atoms with Crippen LogP contribution in [0.1, 0.15) is 122 Å². The minimum Gasteiger partial charge on any atom is -0.361 e. The lowest BCUT2D eigenvalue weighted by atomic mass is 9.81. The van der Waals surface area contributed by atoms with E-state index in [9.17, 15) is 39.5 Å². The van der Waals surface area contributed by atoms with Crippen LogP contribution in [0.4, 0.5) is 39.5 Å². The second-order valence-corrected chi connectivity index (χ2v) is 18.1. The summed E-state index contributed by atoms with van der Waals surface area (Å²) in [5.41, 5.74) is 2.34. The summed E-state index contributed by atoms with van der Waals surface area (Å²) >= 11 is 0. The molecule has 3 heterocycles. The average molecular weight is 780 g/mol. The third kappa shape index (κ3) is 10.1. The molecule has 300 valence electrons. The van der Waals surface area contributed by atoms with Crippen LogP contribution in [0.5, 0.6) is 0 Å². The number of aromatic amines is 3. The molecule has 0 saturated heterocycles. The van der Waals surface area contributed by atoms with Crippen LogP contribution in [-0.2, 0) is 40.2 Å². The summed E-state index contributed by atoms with van der Waals surface area (Å²) in [5, 5.41) is 1.47. The van der Waals surface area contributed by atoms with Gasteiger partial charge in [-0.15, -0.1) is 0 Å². The second kappa shape index (κ2) is 14.3. The van der Waals surface area contributed by atoms with Crippen molar-refractivity contribution >= 4 is 32.7 Å². The van der Waals surface area contributed by atoms with E-state index in [2.05, 4.69) is 15.0 Å². The Bertz CT molecular complexity index is 2230. The first kappa shape index (κ1) is 43.4. The van der Waals surface area contributed by atoms with Gasteiger partial charge in [0, 0.05) is 45.1 Å². The van der Waals surface area contributed by atoms with E-state index in [4.69, 9.17) is 0 Å². The number of halogens is 9. The van der Waals surface area contributed by atoms with Gasteiger partial charge in [0.05, 0.1) is 11.1 Å². The monoisotopic (exact) mass is 779 g/mol. The number of aromatic nitrogens is 3. The molecule has 0 radical (unpaired) electrons. The minimum absolute atomic E-state index is 0.0717. The van der Waals surface area contributed by atoms with E-state index in [1.165, 1.54) is 12.1 Å². The number of benzene rings is 3. The van der Waals surface area contributed by atoms with Crippen molar-refractivity contribution in [2.45, 2.75) is 123 Å². The van der Waals surface area contributed by atoms with Gasteiger partial charge in [-0.1, -0.05) is 107 Å². The lowest BCUT2D eigenvalue weighted by Gasteiger charge is -2.25. The van der Waals surface area contributed by atoms with Gasteiger partial charge in [0.25, 0.3) is 0 Å². The molecule has 0 unspecified atom stereocenters. The summed E-state index contributed by atoms with van der Waals surface area (Å²) in [5.74, 6) is 0. The predicted octanol–water partition coefficient (Wildman–Crippen LogP) is 14.8. The third-order valence-corrected chi connectivity index (χ3v) is 9.39. The summed E-state index contributed by atoms with van der Waals surface area (Å²) in [6.45, 7) is 23.6. The van der Waals surface area contributed by atoms with Crippen molar-refractivity contribution in [3.63, 3.8) is 0 Å². The van der Waals surface area contributed by atoms with Crippen molar-refractivity contribution in [3.05, 3.63) is 106 Å². The van der Waals surface area contributed by atoms with E-state index >= 15 is 0 Å². The first-order valence-electron chi connectivity index (χ1n) is 17.8. The Balaban J connectivity index is 0.000000185. The Labute approximate surface area is 316 Å². The number of rotatable bonds is 0. The number of hydrogen-bond acceptors (Lipinski definition) is 0. The summed E-state index contributed by atoms with van der Waals surface area (Å²) in [7, 11) is 0. The highest BCUT2D eigenvalue weighted by Crippen LogP contribution is 2.42. The number of nitrogens with one attached hydrogen (secondary N) is 3. The molecule has 0 aliphatic carbocycles. The van der Waals surface area contributed by atoms with Crippen LogP contribution >= 0.6 is 0 Å². The lowest BCUT2D eigenvalue weighted by molar-refractivity contribution is -0.141. The zero-order chi connectivity index (χ0) is 41.9. The molecular formula is C43H50F9N3. The topological polar surface area (TPSA) is 47.4 Å². The molecule has 0 spiro atoms. The van der Waals surface area contributed by atoms with Crippen molar-refractivity contribution in [1.82, 2.24) is 15.0 Å². The number of fused-ring (bicyclic) bond motifs is 3. The first-order valence-corrected chi connectivity index (χ1v) is 17.8. The highest BCUT2D eigenvalue weighted by atomic mass is 19.4. The van der Waals surface area contributed by atoms with E-state index in [-0.39, 0.29) is 21.6 Å². The number of alkyl halides is 9. The van der Waals surface area contributed by atoms with Gasteiger partial charge in [-0.25, -0.2) is 0 Å². The molecule has 3 aromatic carbocycles. The van der Waals surface area contributed by atoms with E-state index in [1.807, 2.05) is 74.6 Å². The molecule has 0 aliphatic rings. The van der Waals surface area contributed by atoms with Gasteiger partial charge in [0.1, 0.15) is 5.69 Å². The zero-order valence-corrected chi connectivity index (χ0v) is 33.3. The van der Waals surface area contributed by atoms with Crippen LogP contribution in [0.15, 0.2) is 67.0 Å². The Kier molecular flexibility index (Phi) is 11.3. The Hall–Kier alpha value is -4.35. The number of hydrogen-bond donors (Lipinski definition) is 3. The molecule has 55 heavy (non-hydrogen) atoms. The van der Waals surface area contributed by atoms with Crippen molar-refractivity contribution < 1.29 is 39.5 Å². The SMILES string of the molecule is CC(C)(C)c1cc2[nH]cc(C(C)(C)C)c2cc1C(F)(F)F.CC(C)(C)c1ccc2c(C(F)(F)F)c[nH]c2c1.CC(C)(C)c1ccc2cc(C(F)(F)F)[nH]c2c1. The third-order valence-electron chi connectivity index (χ3n) is 9.39. The molecule has 6 rings (SSSR count). The second-order valence-electron chi connectivity index (χ2n) is 18.1. The van der Waals surface area contributed by atoms with Crippen molar-refractivity contribution in [2.75, 3.05) is 0 Å². The van der Waals surface area contributed by atoms with Crippen molar-refractivity contribution in [3.8, 4) is 0 Å². The van der Waals surface area contributed by atoms with Crippen LogP contribution < -0.4 is 0 Å². The summed E-state index contributed by atoms with van der Waals surface area (Å²) in [6, 6.07) is 14.5. The maximum Gasteiger partial charge on any atom is 0.431 e. The molecule has 0 atom stereocenters. The minimum atomic E-state index is -4.34. The van der Waals surface area contributed by atoms with E-state index in [0.29, 0.717) is 27.4 Å². The van der Waals surface area contributed by atoms with E-state index < -0.39 is 40.8 Å². The number of H-pyrrole nitrogens is 3. The van der Waals surface area contributed by atoms with Crippen LogP contribution in [0, 0.1) is 0 Å². The molecule has 0 fully saturated rings. The van der Waals surface area contributed by atoms with Crippen LogP contribution in [0.3, 0.4) is 0 Å². The van der Waals surface area contributed by atoms with Crippen LogP contribution in [0.25, 0.3) is 32.7 Å². The smallest absolute Gasteiger partial charge is 0.361 e. The van der Waals surface area contributed by atoms with Gasteiger partial charge in [-0.2, -0.15) is 39.5 Å². The standard InChI is InChI=1S/C17H22F3N.2C13H14F3N/c1-15(2,3)11-8-14-10(7-12(11)17(18,19)20)13(9-21-14)16(4,5)6;1-12(2,3)8-4-5-9-10(13(14,15)16)7-17-11(9)6-8;1-12(2,3)9-5-4-8-6-11(13(14,15)16)17-10(8)7-9/h7-9,21H,1-6H3;2*4-7,17H,1-3H3. The van der Waals surface area contributed by atoms with E-state index in [1.54, 1.807) is 51.1 Å². The van der Waals surface area contributed by atoms with Gasteiger partial charge in [0.2, 0.25) is 0 Å². The molecule has 12 heteroatoms. The molecule has 6 aromatic rings. The van der Waals surface area contributed by atoms with Gasteiger partial charge in [-0.05, 0) is 74.2 Å². The molecule has 0 bridgehead atoms. The van der Waals surface area contributed by atoms with Crippen molar-refractivity contribution in [2.24, 2.45) is 0 Å². The molecular weight excluding hydrogens is 729 g/mol. The molecule has 0 aliphatic heterocycles. The van der Waals surface area contributed by atoms with Gasteiger partial charge >= 0.3 is 18.5 Å². The largest absolute Gasteiger partial charge is 0.431 e. The Morgan fingerprint density at radius 3 is 1.29 bits per heavy atom. The fourth-order valence-corrected chi connectivity index (χ4v) is 6.22. The maximum atomic E-state index is 13.4. The summed E-state index contributed by atoms with van der Waals surface area (Å²) < 4.78 is 116. The highest BCUT2D eigenvalue weighted by molar-refractivity contribution is 5.87. The van der Waals surface area contributed by atoms with E-state index in [0.717, 1.165) is 34.5 Å². The predicted molar refractivity (Wildman–Crippen MR) is 205 cm³/mol. The van der Waals surface area contributed by atoms with Gasteiger partial charge < -0.3 is 15.0 Å². The molecule has 3 N–H and O–H groups in total. The summed E-state index contributed by atoms with van der Waals surface area (Å²) in [6.07, 6.45) is -10.1. The molecule has 3 nitrogen and oxygen atoms in total. The fourth-order valence-electron chi connectivity index (χ4n) is 6.22. The zero-order valence-electron chi connectivity index (χ0n) is 33.3. The highest BCUT2D eigenvalue weighted by Gasteiger charge is 2.38. The Morgan fingerprint density at radius 1 is 0.382 bits per heavy atom. The fraction of sp³-hybridized carbons (Fsp3) is 0.442. The van der Waals surface area contributed by atoms with Gasteiger partial charge in [-0.3, -0.25) is 0 Å². The normalized spacial score (nSPS) is 13.5. The first-order chi connectivity index (χ1) is 24.7. The average Bonchev–Trinajstić information content (AvgIpc) is 3.74. The van der Waals surface area contributed by atoms with Gasteiger partial charge in [0.15, 0.2) is 0 Å². The molecule has 0 saturated carbocycles. The van der Waals surface area contributed by atoms with Crippen LogP contribution in [0.2, 0.25) is 0 Å². The molecule has 0 amide bonds.